The van der Waals surface area contributed by atoms with E-state index in [4.69, 9.17) is 10.1 Å². The van der Waals surface area contributed by atoms with Crippen LogP contribution in [0.1, 0.15) is 36.3 Å². The van der Waals surface area contributed by atoms with Crippen LogP contribution in [0.2, 0.25) is 0 Å². The lowest BCUT2D eigenvalue weighted by atomic mass is 9.96. The number of sulfonamides is 1. The van der Waals surface area contributed by atoms with Crippen molar-refractivity contribution in [1.82, 2.24) is 15.3 Å². The zero-order valence-corrected chi connectivity index (χ0v) is 14.0. The van der Waals surface area contributed by atoms with E-state index in [2.05, 4.69) is 21.7 Å². The Kier molecular flexibility index (Phi) is 4.93. The zero-order valence-electron chi connectivity index (χ0n) is 13.1. The van der Waals surface area contributed by atoms with Crippen LogP contribution in [0.15, 0.2) is 6.08 Å². The minimum Gasteiger partial charge on any atom is -0.369 e. The molecule has 0 saturated heterocycles. The fraction of sp³-hybridized carbons (Fsp3) is 0.600. The summed E-state index contributed by atoms with van der Waals surface area (Å²) in [5, 5.41) is 11.5. The van der Waals surface area contributed by atoms with E-state index in [1.165, 1.54) is 0 Å². The molecule has 0 unspecified atom stereocenters. The van der Waals surface area contributed by atoms with Gasteiger partial charge in [0.05, 0.1) is 5.75 Å². The molecule has 1 aromatic rings. The van der Waals surface area contributed by atoms with E-state index in [0.29, 0.717) is 0 Å². The van der Waals surface area contributed by atoms with Gasteiger partial charge >= 0.3 is 0 Å². The summed E-state index contributed by atoms with van der Waals surface area (Å²) in [6.45, 7) is 2.03. The van der Waals surface area contributed by atoms with Crippen molar-refractivity contribution < 1.29 is 8.42 Å². The third kappa shape index (κ3) is 4.27. The summed E-state index contributed by atoms with van der Waals surface area (Å²) in [6.07, 6.45) is 7.19. The normalized spacial score (nSPS) is 18.2. The molecule has 126 valence electrons. The summed E-state index contributed by atoms with van der Waals surface area (Å²) in [4.78, 5) is 9.44. The third-order valence-electron chi connectivity index (χ3n) is 4.21. The number of primary sulfonamides is 1. The Hall–Kier alpha value is -1.51. The number of nitrogens with zero attached hydrogens (tertiary/aromatic N) is 2. The molecule has 1 aliphatic carbocycles. The van der Waals surface area contributed by atoms with Gasteiger partial charge in [-0.1, -0.05) is 6.08 Å². The molecule has 0 saturated carbocycles. The topological polar surface area (TPSA) is 110 Å². The summed E-state index contributed by atoms with van der Waals surface area (Å²) in [5.74, 6) is 1.44. The fourth-order valence-corrected chi connectivity index (χ4v) is 3.41. The van der Waals surface area contributed by atoms with Gasteiger partial charge in [0, 0.05) is 24.3 Å². The second-order valence-corrected chi connectivity index (χ2v) is 7.74. The molecule has 0 spiro atoms. The van der Waals surface area contributed by atoms with Crippen LogP contribution in [0.25, 0.3) is 5.57 Å². The quantitative estimate of drug-likeness (QED) is 0.719. The number of hydrogen-bond donors (Lipinski definition) is 3. The van der Waals surface area contributed by atoms with E-state index in [1.54, 1.807) is 0 Å². The van der Waals surface area contributed by atoms with Crippen molar-refractivity contribution >= 4 is 21.4 Å². The van der Waals surface area contributed by atoms with Gasteiger partial charge < -0.3 is 10.6 Å². The van der Waals surface area contributed by atoms with Crippen molar-refractivity contribution in [1.29, 1.82) is 0 Å². The van der Waals surface area contributed by atoms with Gasteiger partial charge in [0.2, 0.25) is 10.0 Å². The number of nitrogens with two attached hydrogens (primary N) is 1. The van der Waals surface area contributed by atoms with Crippen LogP contribution in [0.5, 0.6) is 0 Å². The van der Waals surface area contributed by atoms with Crippen LogP contribution < -0.4 is 15.8 Å². The monoisotopic (exact) mass is 337 g/mol. The Bertz CT molecular complexity index is 715. The number of hydrogen-bond acceptors (Lipinski definition) is 6. The van der Waals surface area contributed by atoms with E-state index < -0.39 is 10.0 Å². The highest BCUT2D eigenvalue weighted by atomic mass is 32.2. The van der Waals surface area contributed by atoms with Crippen LogP contribution in [0.3, 0.4) is 0 Å². The van der Waals surface area contributed by atoms with E-state index >= 15 is 0 Å². The molecule has 1 aromatic heterocycles. The average Bonchev–Trinajstić information content (AvgIpc) is 2.54. The second kappa shape index (κ2) is 6.94. The van der Waals surface area contributed by atoms with Gasteiger partial charge in [-0.3, -0.25) is 0 Å². The lowest BCUT2D eigenvalue weighted by Gasteiger charge is -2.21. The molecule has 0 aromatic carbocycles. The minimum atomic E-state index is -3.47. The first-order valence-corrected chi connectivity index (χ1v) is 9.79. The molecule has 2 aliphatic rings. The van der Waals surface area contributed by atoms with Crippen molar-refractivity contribution in [3.63, 3.8) is 0 Å². The molecule has 0 amide bonds. The maximum absolute atomic E-state index is 11.1. The number of fused-ring (bicyclic) bond motifs is 1. The third-order valence-corrected chi connectivity index (χ3v) is 4.99. The highest BCUT2D eigenvalue weighted by molar-refractivity contribution is 7.89. The number of nitrogens with one attached hydrogen (secondary N) is 2. The Balaban J connectivity index is 1.87. The van der Waals surface area contributed by atoms with Crippen LogP contribution >= 0.6 is 0 Å². The number of aromatic nitrogens is 2. The smallest absolute Gasteiger partial charge is 0.210 e. The number of anilines is 1. The van der Waals surface area contributed by atoms with Gasteiger partial charge in [-0.15, -0.1) is 0 Å². The van der Waals surface area contributed by atoms with Crippen molar-refractivity contribution in [2.45, 2.75) is 32.1 Å². The van der Waals surface area contributed by atoms with E-state index in [0.717, 1.165) is 73.7 Å². The summed E-state index contributed by atoms with van der Waals surface area (Å²) in [7, 11) is -3.47. The molecule has 0 atom stereocenters. The molecule has 3 rings (SSSR count). The van der Waals surface area contributed by atoms with Crippen molar-refractivity contribution in [3.8, 4) is 0 Å². The van der Waals surface area contributed by atoms with Crippen molar-refractivity contribution in [2.75, 3.05) is 30.7 Å². The first-order chi connectivity index (χ1) is 11.0. The first-order valence-electron chi connectivity index (χ1n) is 8.07. The average molecular weight is 337 g/mol. The maximum atomic E-state index is 11.1. The Morgan fingerprint density at radius 1 is 1.22 bits per heavy atom. The zero-order chi connectivity index (χ0) is 16.3. The summed E-state index contributed by atoms with van der Waals surface area (Å²) >= 11 is 0. The van der Waals surface area contributed by atoms with Gasteiger partial charge in [-0.05, 0) is 44.2 Å². The first kappa shape index (κ1) is 16.4. The fourth-order valence-electron chi connectivity index (χ4n) is 3.02. The van der Waals surface area contributed by atoms with Gasteiger partial charge in [0.15, 0.2) is 5.82 Å². The molecule has 8 heteroatoms. The van der Waals surface area contributed by atoms with Crippen LogP contribution in [-0.4, -0.2) is 43.8 Å². The number of aryl methyl sites for hydroxylation is 1. The SMILES string of the molecule is NS(=O)(=O)CCNc1nc(C2=CCNCC2)nc2c1CCCC2. The molecule has 23 heavy (non-hydrogen) atoms. The maximum Gasteiger partial charge on any atom is 0.210 e. The predicted molar refractivity (Wildman–Crippen MR) is 90.6 cm³/mol. The minimum absolute atomic E-state index is 0.103. The van der Waals surface area contributed by atoms with Crippen molar-refractivity contribution in [2.24, 2.45) is 5.14 Å². The highest BCUT2D eigenvalue weighted by Crippen LogP contribution is 2.28. The van der Waals surface area contributed by atoms with Gasteiger partial charge in [0.25, 0.3) is 0 Å². The molecule has 0 radical (unpaired) electrons. The van der Waals surface area contributed by atoms with E-state index in [-0.39, 0.29) is 12.3 Å². The molecule has 0 fully saturated rings. The summed E-state index contributed by atoms with van der Waals surface area (Å²) in [5.41, 5.74) is 3.38. The molecular formula is C15H23N5O2S. The van der Waals surface area contributed by atoms with Gasteiger partial charge in [-0.2, -0.15) is 0 Å². The van der Waals surface area contributed by atoms with Gasteiger partial charge in [-0.25, -0.2) is 23.5 Å². The molecule has 0 bridgehead atoms. The van der Waals surface area contributed by atoms with E-state index in [9.17, 15) is 8.42 Å². The Morgan fingerprint density at radius 3 is 2.78 bits per heavy atom. The molecular weight excluding hydrogens is 314 g/mol. The predicted octanol–water partition coefficient (Wildman–Crippen LogP) is 0.432. The lowest BCUT2D eigenvalue weighted by molar-refractivity contribution is 0.598. The Morgan fingerprint density at radius 2 is 2.04 bits per heavy atom. The summed E-state index contributed by atoms with van der Waals surface area (Å²) in [6, 6.07) is 0. The molecule has 1 aliphatic heterocycles. The van der Waals surface area contributed by atoms with Gasteiger partial charge in [0.1, 0.15) is 5.82 Å². The molecule has 2 heterocycles. The van der Waals surface area contributed by atoms with E-state index in [1.807, 2.05) is 0 Å². The molecule has 7 nitrogen and oxygen atoms in total. The van der Waals surface area contributed by atoms with Crippen LogP contribution in [0, 0.1) is 0 Å². The standard InChI is InChI=1S/C15H23N5O2S/c16-23(21,22)10-9-18-15-12-3-1-2-4-13(12)19-14(20-15)11-5-7-17-8-6-11/h5,17H,1-4,6-10H2,(H2,16,21,22)(H,18,19,20). The summed E-state index contributed by atoms with van der Waals surface area (Å²) < 4.78 is 22.2. The van der Waals surface area contributed by atoms with Crippen LogP contribution in [0.4, 0.5) is 5.82 Å². The lowest BCUT2D eigenvalue weighted by Crippen LogP contribution is -2.24. The van der Waals surface area contributed by atoms with Crippen LogP contribution in [-0.2, 0) is 22.9 Å². The largest absolute Gasteiger partial charge is 0.369 e. The molecule has 4 N–H and O–H groups in total. The highest BCUT2D eigenvalue weighted by Gasteiger charge is 2.20. The Labute approximate surface area is 136 Å². The van der Waals surface area contributed by atoms with Crippen molar-refractivity contribution in [3.05, 3.63) is 23.2 Å². The number of rotatable bonds is 5. The second-order valence-electron chi connectivity index (χ2n) is 6.01.